The van der Waals surface area contributed by atoms with Gasteiger partial charge in [0.15, 0.2) is 0 Å². The molecule has 96 valence electrons. The molecule has 2 nitrogen and oxygen atoms in total. The van der Waals surface area contributed by atoms with Gasteiger partial charge in [-0.2, -0.15) is 16.9 Å². The molecule has 0 amide bonds. The predicted octanol–water partition coefficient (Wildman–Crippen LogP) is 4.30. The summed E-state index contributed by atoms with van der Waals surface area (Å²) < 4.78 is 3.20. The molecule has 1 aliphatic carbocycles. The zero-order chi connectivity index (χ0) is 12.4. The molecule has 1 saturated carbocycles. The molecule has 0 saturated heterocycles. The number of rotatable bonds is 3. The van der Waals surface area contributed by atoms with E-state index in [9.17, 15) is 0 Å². The van der Waals surface area contributed by atoms with Crippen LogP contribution in [0.2, 0.25) is 0 Å². The second kappa shape index (κ2) is 5.79. The van der Waals surface area contributed by atoms with Crippen LogP contribution in [0.25, 0.3) is 0 Å². The molecule has 1 aliphatic rings. The topological polar surface area (TPSA) is 17.8 Å². The SMILES string of the molecule is Cc1nn(C)c(CSC2CCCC(C)C2)c1Br. The van der Waals surface area contributed by atoms with Crippen LogP contribution in [0.3, 0.4) is 0 Å². The Morgan fingerprint density at radius 3 is 2.82 bits per heavy atom. The van der Waals surface area contributed by atoms with Crippen LogP contribution in [0.5, 0.6) is 0 Å². The molecule has 1 heterocycles. The van der Waals surface area contributed by atoms with Gasteiger partial charge in [-0.05, 0) is 41.6 Å². The van der Waals surface area contributed by atoms with Gasteiger partial charge in [-0.1, -0.05) is 19.8 Å². The van der Waals surface area contributed by atoms with Crippen molar-refractivity contribution in [2.45, 2.75) is 50.5 Å². The molecule has 1 fully saturated rings. The van der Waals surface area contributed by atoms with Gasteiger partial charge in [0.1, 0.15) is 0 Å². The molecule has 0 radical (unpaired) electrons. The number of thioether (sulfide) groups is 1. The maximum atomic E-state index is 4.45. The monoisotopic (exact) mass is 316 g/mol. The Hall–Kier alpha value is 0.0400. The lowest BCUT2D eigenvalue weighted by atomic mass is 9.91. The molecular formula is C13H21BrN2S. The zero-order valence-corrected chi connectivity index (χ0v) is 13.3. The van der Waals surface area contributed by atoms with E-state index in [2.05, 4.69) is 46.6 Å². The molecule has 0 aromatic carbocycles. The summed E-state index contributed by atoms with van der Waals surface area (Å²) in [5.74, 6) is 1.99. The van der Waals surface area contributed by atoms with Crippen molar-refractivity contribution in [3.8, 4) is 0 Å². The fourth-order valence-corrected chi connectivity index (χ4v) is 4.75. The highest BCUT2D eigenvalue weighted by Gasteiger charge is 2.20. The first kappa shape index (κ1) is 13.5. The number of aromatic nitrogens is 2. The normalized spacial score (nSPS) is 25.2. The standard InChI is InChI=1S/C13H21BrN2S/c1-9-5-4-6-11(7-9)17-8-12-13(14)10(2)15-16(12)3/h9,11H,4-8H2,1-3H3. The number of hydrogen-bond donors (Lipinski definition) is 0. The van der Waals surface area contributed by atoms with Crippen LogP contribution in [-0.2, 0) is 12.8 Å². The highest BCUT2D eigenvalue weighted by molar-refractivity contribution is 9.10. The van der Waals surface area contributed by atoms with Crippen LogP contribution in [-0.4, -0.2) is 15.0 Å². The van der Waals surface area contributed by atoms with Gasteiger partial charge in [0.25, 0.3) is 0 Å². The van der Waals surface area contributed by atoms with Crippen LogP contribution >= 0.6 is 27.7 Å². The molecule has 1 aromatic rings. The number of hydrogen-bond acceptors (Lipinski definition) is 2. The van der Waals surface area contributed by atoms with E-state index in [0.717, 1.165) is 22.6 Å². The molecule has 0 bridgehead atoms. The summed E-state index contributed by atoms with van der Waals surface area (Å²) in [6.45, 7) is 4.44. The largest absolute Gasteiger partial charge is 0.270 e. The summed E-state index contributed by atoms with van der Waals surface area (Å²) in [4.78, 5) is 0. The van der Waals surface area contributed by atoms with E-state index in [1.807, 2.05) is 11.7 Å². The van der Waals surface area contributed by atoms with E-state index in [1.54, 1.807) is 0 Å². The summed E-state index contributed by atoms with van der Waals surface area (Å²) in [6, 6.07) is 0. The number of nitrogens with zero attached hydrogens (tertiary/aromatic N) is 2. The lowest BCUT2D eigenvalue weighted by molar-refractivity contribution is 0.394. The van der Waals surface area contributed by atoms with Crippen molar-refractivity contribution >= 4 is 27.7 Å². The van der Waals surface area contributed by atoms with Crippen molar-refractivity contribution in [2.75, 3.05) is 0 Å². The molecule has 2 unspecified atom stereocenters. The predicted molar refractivity (Wildman–Crippen MR) is 78.4 cm³/mol. The lowest BCUT2D eigenvalue weighted by Crippen LogP contribution is -2.15. The summed E-state index contributed by atoms with van der Waals surface area (Å²) in [5.41, 5.74) is 2.42. The Balaban J connectivity index is 1.93. The van der Waals surface area contributed by atoms with Crippen molar-refractivity contribution in [1.29, 1.82) is 0 Å². The fourth-order valence-electron chi connectivity index (χ4n) is 2.56. The maximum Gasteiger partial charge on any atom is 0.0738 e. The van der Waals surface area contributed by atoms with Gasteiger partial charge in [0, 0.05) is 18.1 Å². The number of aryl methyl sites for hydroxylation is 2. The van der Waals surface area contributed by atoms with E-state index in [4.69, 9.17) is 0 Å². The average Bonchev–Trinajstić information content (AvgIpc) is 2.51. The van der Waals surface area contributed by atoms with E-state index in [-0.39, 0.29) is 0 Å². The molecule has 4 heteroatoms. The quantitative estimate of drug-likeness (QED) is 0.827. The van der Waals surface area contributed by atoms with E-state index >= 15 is 0 Å². The molecule has 0 spiro atoms. The van der Waals surface area contributed by atoms with Crippen molar-refractivity contribution in [1.82, 2.24) is 9.78 Å². The first-order valence-corrected chi connectivity index (χ1v) is 8.21. The second-order valence-electron chi connectivity index (χ2n) is 5.17. The first-order chi connectivity index (χ1) is 8.08. The van der Waals surface area contributed by atoms with Crippen LogP contribution in [0.4, 0.5) is 0 Å². The maximum absolute atomic E-state index is 4.45. The van der Waals surface area contributed by atoms with E-state index < -0.39 is 0 Å². The van der Waals surface area contributed by atoms with Gasteiger partial charge in [-0.3, -0.25) is 4.68 Å². The zero-order valence-electron chi connectivity index (χ0n) is 10.9. The molecule has 1 aromatic heterocycles. The molecule has 2 rings (SSSR count). The third-order valence-corrected chi connectivity index (χ3v) is 5.98. The minimum Gasteiger partial charge on any atom is -0.270 e. The van der Waals surface area contributed by atoms with Gasteiger partial charge in [-0.25, -0.2) is 0 Å². The summed E-state index contributed by atoms with van der Waals surface area (Å²) >= 11 is 5.75. The third-order valence-electron chi connectivity index (χ3n) is 3.61. The fraction of sp³-hybridized carbons (Fsp3) is 0.769. The number of halogens is 1. The summed E-state index contributed by atoms with van der Waals surface area (Å²) in [5, 5.41) is 5.29. The summed E-state index contributed by atoms with van der Waals surface area (Å²) in [6.07, 6.45) is 5.61. The Kier molecular flexibility index (Phi) is 4.59. The van der Waals surface area contributed by atoms with Gasteiger partial charge < -0.3 is 0 Å². The van der Waals surface area contributed by atoms with Crippen molar-refractivity contribution in [3.63, 3.8) is 0 Å². The van der Waals surface area contributed by atoms with Crippen molar-refractivity contribution < 1.29 is 0 Å². The van der Waals surface area contributed by atoms with Crippen molar-refractivity contribution in [3.05, 3.63) is 15.9 Å². The van der Waals surface area contributed by atoms with Crippen LogP contribution < -0.4 is 0 Å². The Morgan fingerprint density at radius 2 is 2.24 bits per heavy atom. The van der Waals surface area contributed by atoms with Crippen LogP contribution in [0.1, 0.15) is 44.0 Å². The molecule has 0 aliphatic heterocycles. The highest BCUT2D eigenvalue weighted by Crippen LogP contribution is 2.35. The highest BCUT2D eigenvalue weighted by atomic mass is 79.9. The Morgan fingerprint density at radius 1 is 1.47 bits per heavy atom. The minimum absolute atomic E-state index is 0.848. The van der Waals surface area contributed by atoms with Gasteiger partial charge in [-0.15, -0.1) is 0 Å². The Labute approximate surface area is 117 Å². The summed E-state index contributed by atoms with van der Waals surface area (Å²) in [7, 11) is 2.04. The second-order valence-corrected chi connectivity index (χ2v) is 7.26. The first-order valence-electron chi connectivity index (χ1n) is 6.37. The minimum atomic E-state index is 0.848. The molecule has 0 N–H and O–H groups in total. The Bertz CT molecular complexity index is 389. The van der Waals surface area contributed by atoms with Gasteiger partial charge in [0.05, 0.1) is 15.9 Å². The van der Waals surface area contributed by atoms with E-state index in [1.165, 1.54) is 35.8 Å². The third kappa shape index (κ3) is 3.28. The molecule has 17 heavy (non-hydrogen) atoms. The van der Waals surface area contributed by atoms with Crippen LogP contribution in [0.15, 0.2) is 4.47 Å². The average molecular weight is 317 g/mol. The molecular weight excluding hydrogens is 296 g/mol. The van der Waals surface area contributed by atoms with E-state index in [0.29, 0.717) is 0 Å². The lowest BCUT2D eigenvalue weighted by Gasteiger charge is -2.26. The van der Waals surface area contributed by atoms with Crippen LogP contribution in [0, 0.1) is 12.8 Å². The van der Waals surface area contributed by atoms with Gasteiger partial charge >= 0.3 is 0 Å². The smallest absolute Gasteiger partial charge is 0.0738 e. The van der Waals surface area contributed by atoms with Crippen molar-refractivity contribution in [2.24, 2.45) is 13.0 Å². The molecule has 2 atom stereocenters. The van der Waals surface area contributed by atoms with Gasteiger partial charge in [0.2, 0.25) is 0 Å².